The molecule has 9 nitrogen and oxygen atoms in total. The van der Waals surface area contributed by atoms with Crippen LogP contribution in [-0.2, 0) is 14.8 Å². The minimum atomic E-state index is -4.99. The first-order valence-corrected chi connectivity index (χ1v) is 10.8. The lowest BCUT2D eigenvalue weighted by molar-refractivity contribution is -0.274. The van der Waals surface area contributed by atoms with Crippen LogP contribution in [0.15, 0.2) is 75.3 Å². The highest BCUT2D eigenvalue weighted by Crippen LogP contribution is 2.33. The summed E-state index contributed by atoms with van der Waals surface area (Å²) in [5.74, 6) is -2.22. The Balaban J connectivity index is 1.55. The zero-order valence-electron chi connectivity index (χ0n) is 16.5. The highest BCUT2D eigenvalue weighted by atomic mass is 32.2. The van der Waals surface area contributed by atoms with E-state index in [2.05, 4.69) is 20.0 Å². The Morgan fingerprint density at radius 1 is 1.18 bits per heavy atom. The standard InChI is InChI=1S/C20H15F3N4O5S/c21-20(22,23)32-13-6-7-15-16(10-13)33(29,30)27-17(26-15)18(28)25-11-14(19-24-8-9-31-19)12-4-2-1-3-5-12/h1-10,14H,11H2,(H,25,28)(H,26,27). The molecule has 0 spiro atoms. The average Bonchev–Trinajstić information content (AvgIpc) is 3.28. The first-order chi connectivity index (χ1) is 15.6. The summed E-state index contributed by atoms with van der Waals surface area (Å²) in [4.78, 5) is 20.2. The molecule has 2 aromatic carbocycles. The number of rotatable bonds is 6. The molecule has 33 heavy (non-hydrogen) atoms. The number of sulfonamides is 1. The van der Waals surface area contributed by atoms with Gasteiger partial charge in [-0.15, -0.1) is 13.2 Å². The van der Waals surface area contributed by atoms with Gasteiger partial charge in [-0.2, -0.15) is 0 Å². The third-order valence-electron chi connectivity index (χ3n) is 4.55. The molecule has 0 bridgehead atoms. The van der Waals surface area contributed by atoms with Crippen LogP contribution in [0.1, 0.15) is 17.4 Å². The van der Waals surface area contributed by atoms with Gasteiger partial charge in [0, 0.05) is 12.6 Å². The minimum absolute atomic E-state index is 0.00925. The number of ether oxygens (including phenoxy) is 1. The fourth-order valence-electron chi connectivity index (χ4n) is 3.14. The van der Waals surface area contributed by atoms with Crippen molar-refractivity contribution in [2.24, 2.45) is 4.99 Å². The molecule has 0 saturated heterocycles. The van der Waals surface area contributed by atoms with Gasteiger partial charge < -0.3 is 14.5 Å². The van der Waals surface area contributed by atoms with Gasteiger partial charge >= 0.3 is 6.36 Å². The summed E-state index contributed by atoms with van der Waals surface area (Å²) in [6.07, 6.45) is -2.15. The molecule has 0 radical (unpaired) electrons. The van der Waals surface area contributed by atoms with Gasteiger partial charge in [0.2, 0.25) is 11.7 Å². The Bertz CT molecular complexity index is 1290. The number of nitrogens with one attached hydrogen (secondary N) is 2. The summed E-state index contributed by atoms with van der Waals surface area (Å²) in [5, 5.41) is 2.58. The van der Waals surface area contributed by atoms with Crippen LogP contribution in [0.25, 0.3) is 0 Å². The lowest BCUT2D eigenvalue weighted by Gasteiger charge is -2.20. The van der Waals surface area contributed by atoms with E-state index in [0.717, 1.165) is 17.7 Å². The van der Waals surface area contributed by atoms with Crippen LogP contribution in [0.4, 0.5) is 18.9 Å². The second-order valence-corrected chi connectivity index (χ2v) is 8.44. The van der Waals surface area contributed by atoms with Crippen molar-refractivity contribution in [1.82, 2.24) is 15.0 Å². The monoisotopic (exact) mass is 480 g/mol. The fraction of sp³-hybridized carbons (Fsp3) is 0.150. The molecule has 4 rings (SSSR count). The molecule has 1 aliphatic rings. The number of amides is 1. The number of hydrogen-bond donors (Lipinski definition) is 2. The number of carbonyl (C=O) groups is 1. The predicted molar refractivity (Wildman–Crippen MR) is 108 cm³/mol. The van der Waals surface area contributed by atoms with Crippen LogP contribution < -0.4 is 14.8 Å². The van der Waals surface area contributed by atoms with Crippen LogP contribution in [0.5, 0.6) is 5.75 Å². The topological polar surface area (TPSA) is 123 Å². The second-order valence-electron chi connectivity index (χ2n) is 6.79. The Hall–Kier alpha value is -3.87. The van der Waals surface area contributed by atoms with Crippen LogP contribution in [0.2, 0.25) is 0 Å². The van der Waals surface area contributed by atoms with Gasteiger partial charge in [-0.1, -0.05) is 30.3 Å². The van der Waals surface area contributed by atoms with E-state index >= 15 is 0 Å². The second kappa shape index (κ2) is 8.58. The van der Waals surface area contributed by atoms with Gasteiger partial charge in [-0.3, -0.25) is 9.52 Å². The number of fused-ring (bicyclic) bond motifs is 1. The highest BCUT2D eigenvalue weighted by Gasteiger charge is 2.34. The maximum Gasteiger partial charge on any atom is 0.573 e. The van der Waals surface area contributed by atoms with Crippen LogP contribution in [0.3, 0.4) is 0 Å². The van der Waals surface area contributed by atoms with E-state index in [9.17, 15) is 26.4 Å². The van der Waals surface area contributed by atoms with E-state index < -0.39 is 44.7 Å². The first-order valence-electron chi connectivity index (χ1n) is 9.36. The van der Waals surface area contributed by atoms with E-state index in [1.54, 1.807) is 12.1 Å². The number of nitrogens with zero attached hydrogens (tertiary/aromatic N) is 2. The Morgan fingerprint density at radius 3 is 2.61 bits per heavy atom. The number of amidine groups is 1. The zero-order valence-corrected chi connectivity index (χ0v) is 17.4. The number of aliphatic imine (C=N–C) groups is 1. The van der Waals surface area contributed by atoms with Crippen molar-refractivity contribution in [3.8, 4) is 5.75 Å². The van der Waals surface area contributed by atoms with Gasteiger partial charge in [-0.25, -0.2) is 18.4 Å². The van der Waals surface area contributed by atoms with Gasteiger partial charge in [0.05, 0.1) is 17.8 Å². The quantitative estimate of drug-likeness (QED) is 0.559. The van der Waals surface area contributed by atoms with Crippen molar-refractivity contribution in [2.75, 3.05) is 6.54 Å². The molecule has 0 aliphatic carbocycles. The lowest BCUT2D eigenvalue weighted by atomic mass is 9.99. The molecule has 2 heterocycles. The molecule has 1 aliphatic heterocycles. The molecule has 1 aromatic heterocycles. The molecule has 13 heteroatoms. The molecule has 1 atom stereocenters. The predicted octanol–water partition coefficient (Wildman–Crippen LogP) is 2.84. The van der Waals surface area contributed by atoms with E-state index in [0.29, 0.717) is 12.0 Å². The molecular weight excluding hydrogens is 465 g/mol. The van der Waals surface area contributed by atoms with Crippen molar-refractivity contribution < 1.29 is 35.5 Å². The van der Waals surface area contributed by atoms with E-state index in [4.69, 9.17) is 4.42 Å². The Kier molecular flexibility index (Phi) is 5.80. The van der Waals surface area contributed by atoms with Crippen molar-refractivity contribution in [2.45, 2.75) is 17.2 Å². The molecule has 0 fully saturated rings. The highest BCUT2D eigenvalue weighted by molar-refractivity contribution is 7.90. The maximum absolute atomic E-state index is 12.7. The van der Waals surface area contributed by atoms with E-state index in [1.165, 1.54) is 12.5 Å². The summed E-state index contributed by atoms with van der Waals surface area (Å²) in [7, 11) is -4.37. The SMILES string of the molecule is O=C(NCC(c1ccccc1)c1ncco1)C1=Nc2ccc(OC(F)(F)F)cc2S(=O)(=O)N1. The average molecular weight is 480 g/mol. The molecule has 3 aromatic rings. The lowest BCUT2D eigenvalue weighted by Crippen LogP contribution is -2.45. The van der Waals surface area contributed by atoms with Gasteiger partial charge in [0.25, 0.3) is 15.9 Å². The summed E-state index contributed by atoms with van der Waals surface area (Å²) in [5.41, 5.74) is 0.592. The molecule has 2 N–H and O–H groups in total. The number of aromatic nitrogens is 1. The third kappa shape index (κ3) is 5.14. The largest absolute Gasteiger partial charge is 0.573 e. The number of alkyl halides is 3. The number of halogens is 3. The Morgan fingerprint density at radius 2 is 1.94 bits per heavy atom. The van der Waals surface area contributed by atoms with Crippen molar-refractivity contribution in [3.63, 3.8) is 0 Å². The molecule has 1 amide bonds. The maximum atomic E-state index is 12.7. The van der Waals surface area contributed by atoms with Crippen LogP contribution >= 0.6 is 0 Å². The molecule has 1 unspecified atom stereocenters. The molecule has 0 saturated carbocycles. The van der Waals surface area contributed by atoms with Crippen LogP contribution in [-0.4, -0.2) is 38.1 Å². The van der Waals surface area contributed by atoms with Gasteiger partial charge in [0.1, 0.15) is 16.9 Å². The third-order valence-corrected chi connectivity index (χ3v) is 5.92. The van der Waals surface area contributed by atoms with Crippen molar-refractivity contribution in [1.29, 1.82) is 0 Å². The summed E-state index contributed by atoms with van der Waals surface area (Å²) in [6, 6.07) is 11.7. The first kappa shape index (κ1) is 22.3. The van der Waals surface area contributed by atoms with Gasteiger partial charge in [-0.05, 0) is 17.7 Å². The van der Waals surface area contributed by atoms with E-state index in [-0.39, 0.29) is 12.2 Å². The van der Waals surface area contributed by atoms with Crippen molar-refractivity contribution in [3.05, 3.63) is 72.4 Å². The molecular formula is C20H15F3N4O5S. The number of benzene rings is 2. The summed E-state index contributed by atoms with van der Waals surface area (Å²) >= 11 is 0. The van der Waals surface area contributed by atoms with E-state index in [1.807, 2.05) is 22.9 Å². The number of oxazole rings is 1. The Labute approximate surface area is 185 Å². The summed E-state index contributed by atoms with van der Waals surface area (Å²) in [6.45, 7) is 0.00925. The minimum Gasteiger partial charge on any atom is -0.448 e. The summed E-state index contributed by atoms with van der Waals surface area (Å²) < 4.78 is 73.4. The number of hydrogen-bond acceptors (Lipinski definition) is 7. The molecule has 172 valence electrons. The van der Waals surface area contributed by atoms with Crippen LogP contribution in [0, 0.1) is 0 Å². The normalized spacial score (nSPS) is 15.5. The zero-order chi connectivity index (χ0) is 23.6. The smallest absolute Gasteiger partial charge is 0.448 e. The fourth-order valence-corrected chi connectivity index (χ4v) is 4.30. The van der Waals surface area contributed by atoms with Crippen molar-refractivity contribution >= 4 is 27.5 Å². The van der Waals surface area contributed by atoms with Gasteiger partial charge in [0.15, 0.2) is 0 Å². The number of carbonyl (C=O) groups excluding carboxylic acids is 1.